The van der Waals surface area contributed by atoms with Crippen molar-refractivity contribution < 1.29 is 4.74 Å². The summed E-state index contributed by atoms with van der Waals surface area (Å²) in [5, 5.41) is 10.6. The van der Waals surface area contributed by atoms with Crippen molar-refractivity contribution in [3.05, 3.63) is 53.4 Å². The molecule has 6 nitrogen and oxygen atoms in total. The first-order chi connectivity index (χ1) is 13.6. The molecule has 6 rings (SSSR count). The van der Waals surface area contributed by atoms with E-state index in [9.17, 15) is 0 Å². The standard InChI is InChI=1S/C21H17N5OS/c1-21(2)8-13-14(9-27-21)28-20-15(13)18-16(19-25-23-11-26(19)10-22-18)17(24-20)12-6-4-3-5-7-12/h3-7,10-11H,8-9H2,1-2H3. The summed E-state index contributed by atoms with van der Waals surface area (Å²) < 4.78 is 7.90. The number of pyridine rings is 1. The van der Waals surface area contributed by atoms with Crippen molar-refractivity contribution in [1.82, 2.24) is 24.6 Å². The van der Waals surface area contributed by atoms with Gasteiger partial charge in [-0.05, 0) is 19.4 Å². The lowest BCUT2D eigenvalue weighted by molar-refractivity contribution is -0.0379. The van der Waals surface area contributed by atoms with Crippen LogP contribution in [0, 0.1) is 0 Å². The topological polar surface area (TPSA) is 65.2 Å². The van der Waals surface area contributed by atoms with Crippen LogP contribution in [-0.2, 0) is 17.8 Å². The second-order valence-corrected chi connectivity index (χ2v) is 8.85. The molecule has 0 spiro atoms. The maximum atomic E-state index is 6.04. The Labute approximate surface area is 164 Å². The number of benzene rings is 1. The smallest absolute Gasteiger partial charge is 0.173 e. The van der Waals surface area contributed by atoms with E-state index < -0.39 is 0 Å². The van der Waals surface area contributed by atoms with Crippen LogP contribution in [-0.4, -0.2) is 30.2 Å². The molecule has 1 aromatic carbocycles. The van der Waals surface area contributed by atoms with Crippen molar-refractivity contribution in [2.45, 2.75) is 32.5 Å². The summed E-state index contributed by atoms with van der Waals surface area (Å²) in [5.41, 5.74) is 4.79. The normalized spacial score (nSPS) is 16.1. The van der Waals surface area contributed by atoms with Gasteiger partial charge in [0.15, 0.2) is 5.65 Å². The van der Waals surface area contributed by atoms with Crippen LogP contribution in [0.25, 0.3) is 38.0 Å². The molecule has 4 aromatic heterocycles. The van der Waals surface area contributed by atoms with Crippen LogP contribution in [0.4, 0.5) is 0 Å². The molecule has 0 atom stereocenters. The van der Waals surface area contributed by atoms with E-state index in [0.29, 0.717) is 6.61 Å². The molecule has 5 heterocycles. The minimum Gasteiger partial charge on any atom is -0.370 e. The van der Waals surface area contributed by atoms with Crippen LogP contribution in [0.2, 0.25) is 0 Å². The molecule has 0 fully saturated rings. The molecular weight excluding hydrogens is 370 g/mol. The molecule has 1 aliphatic rings. The Balaban J connectivity index is 1.80. The maximum absolute atomic E-state index is 6.04. The zero-order chi connectivity index (χ0) is 18.9. The molecule has 0 bridgehead atoms. The Kier molecular flexibility index (Phi) is 3.19. The van der Waals surface area contributed by atoms with Crippen LogP contribution in [0.5, 0.6) is 0 Å². The lowest BCUT2D eigenvalue weighted by Gasteiger charge is -2.30. The van der Waals surface area contributed by atoms with Crippen LogP contribution in [0.15, 0.2) is 43.0 Å². The highest BCUT2D eigenvalue weighted by Gasteiger charge is 2.31. The van der Waals surface area contributed by atoms with Crippen molar-refractivity contribution in [2.24, 2.45) is 0 Å². The Hall–Kier alpha value is -2.90. The number of hydrogen-bond donors (Lipinski definition) is 0. The third-order valence-corrected chi connectivity index (χ3v) is 6.45. The number of hydrogen-bond acceptors (Lipinski definition) is 6. The second kappa shape index (κ2) is 5.56. The second-order valence-electron chi connectivity index (χ2n) is 7.77. The van der Waals surface area contributed by atoms with E-state index in [4.69, 9.17) is 14.7 Å². The molecular formula is C21H17N5OS. The average molecular weight is 387 g/mol. The zero-order valence-electron chi connectivity index (χ0n) is 15.5. The molecule has 0 aliphatic carbocycles. The molecule has 0 saturated heterocycles. The largest absolute Gasteiger partial charge is 0.370 e. The Morgan fingerprint density at radius 3 is 2.82 bits per heavy atom. The molecule has 7 heteroatoms. The molecule has 1 aliphatic heterocycles. The molecule has 0 amide bonds. The van der Waals surface area contributed by atoms with Crippen molar-refractivity contribution >= 4 is 38.1 Å². The Morgan fingerprint density at radius 2 is 1.96 bits per heavy atom. The maximum Gasteiger partial charge on any atom is 0.173 e. The highest BCUT2D eigenvalue weighted by Crippen LogP contribution is 2.43. The fraction of sp³-hybridized carbons (Fsp3) is 0.238. The van der Waals surface area contributed by atoms with Crippen molar-refractivity contribution in [1.29, 1.82) is 0 Å². The van der Waals surface area contributed by atoms with E-state index >= 15 is 0 Å². The van der Waals surface area contributed by atoms with E-state index in [0.717, 1.165) is 44.4 Å². The lowest BCUT2D eigenvalue weighted by atomic mass is 9.93. The number of aromatic nitrogens is 5. The summed E-state index contributed by atoms with van der Waals surface area (Å²) in [6.45, 7) is 4.90. The summed E-state index contributed by atoms with van der Waals surface area (Å²) in [7, 11) is 0. The van der Waals surface area contributed by atoms with Gasteiger partial charge in [0.25, 0.3) is 0 Å². The summed E-state index contributed by atoms with van der Waals surface area (Å²) in [6, 6.07) is 10.2. The third kappa shape index (κ3) is 2.23. The number of nitrogens with zero attached hydrogens (tertiary/aromatic N) is 5. The van der Waals surface area contributed by atoms with Crippen LogP contribution < -0.4 is 0 Å². The summed E-state index contributed by atoms with van der Waals surface area (Å²) >= 11 is 1.71. The zero-order valence-corrected chi connectivity index (χ0v) is 16.3. The summed E-state index contributed by atoms with van der Waals surface area (Å²) in [5.74, 6) is 0. The monoisotopic (exact) mass is 387 g/mol. The summed E-state index contributed by atoms with van der Waals surface area (Å²) in [4.78, 5) is 12.2. The van der Waals surface area contributed by atoms with Gasteiger partial charge >= 0.3 is 0 Å². The van der Waals surface area contributed by atoms with Gasteiger partial charge in [0.1, 0.15) is 17.5 Å². The van der Waals surface area contributed by atoms with E-state index in [1.54, 1.807) is 24.0 Å². The van der Waals surface area contributed by atoms with Gasteiger partial charge in [-0.2, -0.15) is 0 Å². The number of fused-ring (bicyclic) bond motifs is 7. The Bertz CT molecular complexity index is 1370. The molecule has 0 N–H and O–H groups in total. The molecule has 138 valence electrons. The van der Waals surface area contributed by atoms with Gasteiger partial charge in [-0.3, -0.25) is 4.40 Å². The van der Waals surface area contributed by atoms with Gasteiger partial charge in [-0.1, -0.05) is 30.3 Å². The first-order valence-corrected chi connectivity index (χ1v) is 10.0. The van der Waals surface area contributed by atoms with E-state index in [1.807, 2.05) is 22.6 Å². The van der Waals surface area contributed by atoms with Gasteiger partial charge in [0, 0.05) is 22.2 Å². The predicted molar refractivity (Wildman–Crippen MR) is 109 cm³/mol. The van der Waals surface area contributed by atoms with Crippen LogP contribution in [0.3, 0.4) is 0 Å². The number of ether oxygens (including phenoxy) is 1. The molecule has 28 heavy (non-hydrogen) atoms. The van der Waals surface area contributed by atoms with Gasteiger partial charge in [-0.15, -0.1) is 21.5 Å². The van der Waals surface area contributed by atoms with E-state index in [2.05, 4.69) is 36.2 Å². The molecule has 5 aromatic rings. The van der Waals surface area contributed by atoms with Crippen molar-refractivity contribution in [3.63, 3.8) is 0 Å². The van der Waals surface area contributed by atoms with E-state index in [1.165, 1.54) is 10.4 Å². The average Bonchev–Trinajstić information content (AvgIpc) is 3.31. The minimum atomic E-state index is -0.190. The van der Waals surface area contributed by atoms with Gasteiger partial charge in [-0.25, -0.2) is 9.97 Å². The van der Waals surface area contributed by atoms with Gasteiger partial charge < -0.3 is 4.74 Å². The highest BCUT2D eigenvalue weighted by molar-refractivity contribution is 7.19. The lowest BCUT2D eigenvalue weighted by Crippen LogP contribution is -2.30. The quantitative estimate of drug-likeness (QED) is 0.426. The fourth-order valence-electron chi connectivity index (χ4n) is 4.03. The number of rotatable bonds is 1. The highest BCUT2D eigenvalue weighted by atomic mass is 32.1. The summed E-state index contributed by atoms with van der Waals surface area (Å²) in [6.07, 6.45) is 4.32. The molecule has 0 unspecified atom stereocenters. The van der Waals surface area contributed by atoms with Gasteiger partial charge in [0.05, 0.1) is 28.8 Å². The molecule has 0 saturated carbocycles. The fourth-order valence-corrected chi connectivity index (χ4v) is 5.14. The predicted octanol–water partition coefficient (Wildman–Crippen LogP) is 4.41. The number of thiophene rings is 1. The Morgan fingerprint density at radius 1 is 1.11 bits per heavy atom. The van der Waals surface area contributed by atoms with Crippen molar-refractivity contribution in [3.8, 4) is 11.3 Å². The van der Waals surface area contributed by atoms with Crippen LogP contribution in [0.1, 0.15) is 24.3 Å². The SMILES string of the molecule is CC1(C)Cc2c(sc3nc(-c4ccccc4)c4c(ncn5cnnc45)c23)CO1. The first kappa shape index (κ1) is 16.1. The minimum absolute atomic E-state index is 0.190. The first-order valence-electron chi connectivity index (χ1n) is 9.22. The van der Waals surface area contributed by atoms with E-state index in [-0.39, 0.29) is 5.60 Å². The molecule has 0 radical (unpaired) electrons. The third-order valence-electron chi connectivity index (χ3n) is 5.35. The van der Waals surface area contributed by atoms with Crippen LogP contribution >= 0.6 is 11.3 Å². The van der Waals surface area contributed by atoms with Crippen molar-refractivity contribution in [2.75, 3.05) is 0 Å². The van der Waals surface area contributed by atoms with Gasteiger partial charge in [0.2, 0.25) is 0 Å².